The van der Waals surface area contributed by atoms with Gasteiger partial charge in [0.2, 0.25) is 0 Å². The smallest absolute Gasteiger partial charge is 0.0548 e. The van der Waals surface area contributed by atoms with Crippen molar-refractivity contribution in [3.63, 3.8) is 0 Å². The van der Waals surface area contributed by atoms with Crippen molar-refractivity contribution in [1.82, 2.24) is 0 Å². The van der Waals surface area contributed by atoms with Crippen LogP contribution in [-0.4, -0.2) is 0 Å². The molecule has 0 atom stereocenters. The van der Waals surface area contributed by atoms with Gasteiger partial charge in [0.15, 0.2) is 0 Å². The zero-order valence-corrected chi connectivity index (χ0v) is 20.6. The Morgan fingerprint density at radius 2 is 1.12 bits per heavy atom. The molecule has 1 N–H and O–H groups in total. The van der Waals surface area contributed by atoms with E-state index in [9.17, 15) is 0 Å². The van der Waals surface area contributed by atoms with Gasteiger partial charge in [-0.1, -0.05) is 115 Å². The highest BCUT2D eigenvalue weighted by atomic mass is 35.5. The minimum atomic E-state index is -0.774. The summed E-state index contributed by atoms with van der Waals surface area (Å²) in [5.41, 5.74) is 5.84. The number of para-hydroxylation sites is 1. The summed E-state index contributed by atoms with van der Waals surface area (Å²) >= 11 is 6.18. The van der Waals surface area contributed by atoms with Gasteiger partial charge in [-0.3, -0.25) is 0 Å². The van der Waals surface area contributed by atoms with Crippen LogP contribution >= 0.6 is 19.5 Å². The van der Waals surface area contributed by atoms with Crippen LogP contribution in [0.25, 0.3) is 11.1 Å². The molecule has 34 heavy (non-hydrogen) atoms. The van der Waals surface area contributed by atoms with E-state index in [1.807, 2.05) is 24.3 Å². The molecule has 0 fully saturated rings. The van der Waals surface area contributed by atoms with Crippen molar-refractivity contribution in [1.29, 1.82) is 0 Å². The highest BCUT2D eigenvalue weighted by molar-refractivity contribution is 7.80. The summed E-state index contributed by atoms with van der Waals surface area (Å²) in [6.45, 7) is 2.17. The molecule has 0 aromatic heterocycles. The number of nitrogens with one attached hydrogen (secondary N) is 1. The molecule has 0 amide bonds. The fourth-order valence-electron chi connectivity index (χ4n) is 4.22. The average Bonchev–Trinajstić information content (AvgIpc) is 2.88. The Labute approximate surface area is 207 Å². The van der Waals surface area contributed by atoms with Crippen LogP contribution in [0.5, 0.6) is 0 Å². The molecule has 5 aromatic rings. The highest BCUT2D eigenvalue weighted by Gasteiger charge is 2.22. The van der Waals surface area contributed by atoms with E-state index in [0.717, 1.165) is 16.4 Å². The molecule has 0 bridgehead atoms. The monoisotopic (exact) mass is 477 g/mol. The largest absolute Gasteiger partial charge is 0.354 e. The van der Waals surface area contributed by atoms with Gasteiger partial charge in [-0.25, -0.2) is 0 Å². The van der Waals surface area contributed by atoms with E-state index in [1.54, 1.807) is 0 Å². The van der Waals surface area contributed by atoms with Crippen LogP contribution < -0.4 is 21.2 Å². The molecular weight excluding hydrogens is 453 g/mol. The number of hydrogen-bond acceptors (Lipinski definition) is 1. The van der Waals surface area contributed by atoms with Crippen molar-refractivity contribution >= 4 is 46.8 Å². The average molecular weight is 478 g/mol. The van der Waals surface area contributed by atoms with E-state index in [-0.39, 0.29) is 0 Å². The normalized spacial score (nSPS) is 10.9. The zero-order chi connectivity index (χ0) is 23.3. The molecule has 0 radical (unpaired) electrons. The topological polar surface area (TPSA) is 12.0 Å². The van der Waals surface area contributed by atoms with Crippen LogP contribution in [0.4, 0.5) is 11.4 Å². The lowest BCUT2D eigenvalue weighted by molar-refractivity contribution is 1.45. The van der Waals surface area contributed by atoms with Gasteiger partial charge in [-0.15, -0.1) is 0 Å². The molecule has 0 saturated heterocycles. The first-order valence-electron chi connectivity index (χ1n) is 11.3. The minimum Gasteiger partial charge on any atom is -0.354 e. The quantitative estimate of drug-likeness (QED) is 0.246. The van der Waals surface area contributed by atoms with Gasteiger partial charge >= 0.3 is 0 Å². The van der Waals surface area contributed by atoms with Crippen molar-refractivity contribution in [2.75, 3.05) is 5.32 Å². The summed E-state index contributed by atoms with van der Waals surface area (Å²) in [4.78, 5) is 0. The van der Waals surface area contributed by atoms with Crippen LogP contribution in [0, 0.1) is 6.92 Å². The first-order chi connectivity index (χ1) is 16.7. The summed E-state index contributed by atoms with van der Waals surface area (Å²) in [5, 5.41) is 8.44. The third-order valence-electron chi connectivity index (χ3n) is 5.86. The van der Waals surface area contributed by atoms with Gasteiger partial charge in [0.1, 0.15) is 0 Å². The third-order valence-corrected chi connectivity index (χ3v) is 8.60. The maximum absolute atomic E-state index is 6.18. The van der Waals surface area contributed by atoms with E-state index in [2.05, 4.69) is 115 Å². The van der Waals surface area contributed by atoms with Gasteiger partial charge in [-0.2, -0.15) is 0 Å². The summed E-state index contributed by atoms with van der Waals surface area (Å²) in [7, 11) is -0.774. The van der Waals surface area contributed by atoms with Crippen molar-refractivity contribution in [3.8, 4) is 11.1 Å². The Bertz CT molecular complexity index is 1340. The number of rotatable bonds is 6. The Morgan fingerprint density at radius 3 is 1.74 bits per heavy atom. The van der Waals surface area contributed by atoms with Crippen LogP contribution in [0.15, 0.2) is 127 Å². The zero-order valence-electron chi connectivity index (χ0n) is 18.9. The molecule has 0 spiro atoms. The fourth-order valence-corrected chi connectivity index (χ4v) is 6.77. The second kappa shape index (κ2) is 10.3. The van der Waals surface area contributed by atoms with Crippen molar-refractivity contribution in [2.24, 2.45) is 0 Å². The molecule has 0 saturated carbocycles. The van der Waals surface area contributed by atoms with E-state index in [0.29, 0.717) is 0 Å². The maximum Gasteiger partial charge on any atom is 0.0548 e. The third kappa shape index (κ3) is 4.77. The number of halogens is 1. The Hall–Kier alpha value is -3.38. The van der Waals surface area contributed by atoms with Crippen molar-refractivity contribution < 1.29 is 0 Å². The maximum atomic E-state index is 6.18. The summed E-state index contributed by atoms with van der Waals surface area (Å²) < 4.78 is 0. The molecule has 0 aliphatic rings. The van der Waals surface area contributed by atoms with Gasteiger partial charge in [0.05, 0.1) is 5.69 Å². The van der Waals surface area contributed by atoms with Crippen molar-refractivity contribution in [2.45, 2.75) is 6.92 Å². The fraction of sp³-hybridized carbons (Fsp3) is 0.0323. The Balaban J connectivity index is 1.76. The highest BCUT2D eigenvalue weighted by Crippen LogP contribution is 2.41. The first kappa shape index (κ1) is 22.4. The van der Waals surface area contributed by atoms with Crippen LogP contribution in [0.2, 0.25) is 5.02 Å². The molecule has 0 unspecified atom stereocenters. The lowest BCUT2D eigenvalue weighted by Crippen LogP contribution is -2.23. The molecule has 0 aliphatic heterocycles. The number of anilines is 2. The van der Waals surface area contributed by atoms with Crippen molar-refractivity contribution in [3.05, 3.63) is 138 Å². The summed E-state index contributed by atoms with van der Waals surface area (Å²) in [6, 6.07) is 44.8. The summed E-state index contributed by atoms with van der Waals surface area (Å²) in [6.07, 6.45) is 0. The standard InChI is InChI=1S/C31H25ClNP/c1-23-11-8-9-16-28(23)29-17-10-18-30(31(29)33-25-21-19-24(32)20-22-25)34(26-12-4-2-5-13-26)27-14-6-3-7-15-27/h2-22,33H,1H3. The predicted octanol–water partition coefficient (Wildman–Crippen LogP) is 7.82. The van der Waals surface area contributed by atoms with Gasteiger partial charge in [0.25, 0.3) is 0 Å². The van der Waals surface area contributed by atoms with Crippen LogP contribution in [0.1, 0.15) is 5.56 Å². The summed E-state index contributed by atoms with van der Waals surface area (Å²) in [5.74, 6) is 0. The van der Waals surface area contributed by atoms with Gasteiger partial charge in [0, 0.05) is 21.6 Å². The molecule has 166 valence electrons. The van der Waals surface area contributed by atoms with E-state index in [4.69, 9.17) is 11.6 Å². The predicted molar refractivity (Wildman–Crippen MR) is 150 cm³/mol. The Morgan fingerprint density at radius 1 is 0.559 bits per heavy atom. The number of aryl methyl sites for hydroxylation is 1. The van der Waals surface area contributed by atoms with E-state index >= 15 is 0 Å². The minimum absolute atomic E-state index is 0.730. The lowest BCUT2D eigenvalue weighted by atomic mass is 9.99. The van der Waals surface area contributed by atoms with Crippen LogP contribution in [0.3, 0.4) is 0 Å². The van der Waals surface area contributed by atoms with Gasteiger partial charge < -0.3 is 5.32 Å². The molecule has 5 aromatic carbocycles. The van der Waals surface area contributed by atoms with E-state index in [1.165, 1.54) is 32.6 Å². The Kier molecular flexibility index (Phi) is 6.77. The van der Waals surface area contributed by atoms with Gasteiger partial charge in [-0.05, 0) is 60.8 Å². The molecule has 3 heteroatoms. The number of benzene rings is 5. The van der Waals surface area contributed by atoms with E-state index < -0.39 is 7.92 Å². The first-order valence-corrected chi connectivity index (χ1v) is 13.0. The van der Waals surface area contributed by atoms with Crippen LogP contribution in [-0.2, 0) is 0 Å². The molecule has 5 rings (SSSR count). The molecule has 0 aliphatic carbocycles. The molecular formula is C31H25ClNP. The second-order valence-corrected chi connectivity index (χ2v) is 10.8. The second-order valence-electron chi connectivity index (χ2n) is 8.15. The number of hydrogen-bond donors (Lipinski definition) is 1. The molecule has 1 nitrogen and oxygen atoms in total. The lowest BCUT2D eigenvalue weighted by Gasteiger charge is -2.25. The molecule has 0 heterocycles. The SMILES string of the molecule is Cc1ccccc1-c1cccc(P(c2ccccc2)c2ccccc2)c1Nc1ccc(Cl)cc1.